The zero-order chi connectivity index (χ0) is 20.7. The van der Waals surface area contributed by atoms with Crippen LogP contribution in [0, 0.1) is 5.92 Å². The Labute approximate surface area is 197 Å². The molecule has 2 heterocycles. The Morgan fingerprint density at radius 3 is 2.47 bits per heavy atom. The van der Waals surface area contributed by atoms with Crippen molar-refractivity contribution in [1.82, 2.24) is 15.5 Å². The predicted molar refractivity (Wildman–Crippen MR) is 131 cm³/mol. The first-order valence-electron chi connectivity index (χ1n) is 10.4. The monoisotopic (exact) mass is 548 g/mol. The number of sulfone groups is 1. The Morgan fingerprint density at radius 2 is 1.87 bits per heavy atom. The summed E-state index contributed by atoms with van der Waals surface area (Å²) in [6.07, 6.45) is 4.21. The summed E-state index contributed by atoms with van der Waals surface area (Å²) in [4.78, 5) is 18.7. The fourth-order valence-corrected chi connectivity index (χ4v) is 5.80. The van der Waals surface area contributed by atoms with Gasteiger partial charge in [-0.25, -0.2) is 8.42 Å². The highest BCUT2D eigenvalue weighted by atomic mass is 127. The van der Waals surface area contributed by atoms with Crippen molar-refractivity contribution in [2.45, 2.75) is 38.1 Å². The molecule has 2 fully saturated rings. The van der Waals surface area contributed by atoms with Gasteiger partial charge in [0.25, 0.3) is 0 Å². The van der Waals surface area contributed by atoms with Crippen molar-refractivity contribution in [3.8, 4) is 0 Å². The number of likely N-dealkylation sites (tertiary alicyclic amines) is 1. The van der Waals surface area contributed by atoms with Crippen LogP contribution in [-0.4, -0.2) is 69.4 Å². The van der Waals surface area contributed by atoms with E-state index in [4.69, 9.17) is 0 Å². The lowest BCUT2D eigenvalue weighted by Crippen LogP contribution is -2.47. The summed E-state index contributed by atoms with van der Waals surface area (Å²) in [5.74, 6) is 1.64. The molecular weight excluding hydrogens is 515 g/mol. The van der Waals surface area contributed by atoms with Crippen LogP contribution in [0.5, 0.6) is 0 Å². The third kappa shape index (κ3) is 7.72. The van der Waals surface area contributed by atoms with Crippen LogP contribution in [0.4, 0.5) is 0 Å². The Bertz CT molecular complexity index is 809. The van der Waals surface area contributed by atoms with E-state index in [9.17, 15) is 13.2 Å². The van der Waals surface area contributed by atoms with Gasteiger partial charge in [0.15, 0.2) is 15.8 Å². The van der Waals surface area contributed by atoms with E-state index >= 15 is 0 Å². The molecular formula is C21H33IN4O3S. The first-order valence-corrected chi connectivity index (χ1v) is 12.3. The minimum absolute atomic E-state index is 0. The second-order valence-corrected chi connectivity index (χ2v) is 10.2. The van der Waals surface area contributed by atoms with Crippen LogP contribution in [0.2, 0.25) is 0 Å². The lowest BCUT2D eigenvalue weighted by Gasteiger charge is -2.34. The number of aliphatic imine (C=N–C) groups is 1. The first-order chi connectivity index (χ1) is 13.9. The molecule has 2 N–H and O–H groups in total. The lowest BCUT2D eigenvalue weighted by atomic mass is 9.90. The number of carbonyl (C=O) groups is 1. The number of rotatable bonds is 6. The summed E-state index contributed by atoms with van der Waals surface area (Å²) < 4.78 is 23.0. The highest BCUT2D eigenvalue weighted by molar-refractivity contribution is 14.0. The van der Waals surface area contributed by atoms with Crippen LogP contribution < -0.4 is 10.6 Å². The molecule has 1 atom stereocenters. The SMILES string of the molecule is CN=C(NCCC(=O)NC1CCS(=O)(=O)C1)N1CCC(Cc2ccccc2)CC1.I. The van der Waals surface area contributed by atoms with E-state index in [0.717, 1.165) is 38.3 Å². The normalized spacial score (nSPS) is 21.7. The second kappa shape index (κ2) is 11.9. The molecule has 2 saturated heterocycles. The van der Waals surface area contributed by atoms with Gasteiger partial charge in [-0.3, -0.25) is 9.79 Å². The van der Waals surface area contributed by atoms with Crippen LogP contribution >= 0.6 is 24.0 Å². The molecule has 0 saturated carbocycles. The van der Waals surface area contributed by atoms with Crippen molar-refractivity contribution >= 4 is 45.7 Å². The number of carbonyl (C=O) groups excluding carboxylic acids is 1. The Morgan fingerprint density at radius 1 is 1.17 bits per heavy atom. The molecule has 1 unspecified atom stereocenters. The number of guanidine groups is 1. The van der Waals surface area contributed by atoms with Gasteiger partial charge in [-0.05, 0) is 37.2 Å². The number of nitrogens with zero attached hydrogens (tertiary/aromatic N) is 2. The van der Waals surface area contributed by atoms with E-state index in [2.05, 4.69) is 50.9 Å². The molecule has 0 aromatic heterocycles. The number of benzene rings is 1. The van der Waals surface area contributed by atoms with Gasteiger partial charge in [-0.2, -0.15) is 0 Å². The first kappa shape index (κ1) is 24.9. The lowest BCUT2D eigenvalue weighted by molar-refractivity contribution is -0.121. The molecule has 0 aliphatic carbocycles. The van der Waals surface area contributed by atoms with Gasteiger partial charge in [0, 0.05) is 39.1 Å². The van der Waals surface area contributed by atoms with Crippen LogP contribution in [0.15, 0.2) is 35.3 Å². The van der Waals surface area contributed by atoms with E-state index in [-0.39, 0.29) is 47.4 Å². The number of nitrogens with one attached hydrogen (secondary N) is 2. The fourth-order valence-electron chi connectivity index (χ4n) is 4.13. The molecule has 0 radical (unpaired) electrons. The van der Waals surface area contributed by atoms with Gasteiger partial charge in [0.2, 0.25) is 5.91 Å². The summed E-state index contributed by atoms with van der Waals surface area (Å²) in [6.45, 7) is 2.41. The van der Waals surface area contributed by atoms with Crippen molar-refractivity contribution < 1.29 is 13.2 Å². The van der Waals surface area contributed by atoms with Gasteiger partial charge >= 0.3 is 0 Å². The van der Waals surface area contributed by atoms with Gasteiger partial charge < -0.3 is 15.5 Å². The van der Waals surface area contributed by atoms with Crippen LogP contribution in [0.3, 0.4) is 0 Å². The van der Waals surface area contributed by atoms with E-state index in [1.807, 2.05) is 0 Å². The molecule has 7 nitrogen and oxygen atoms in total. The van der Waals surface area contributed by atoms with E-state index in [1.54, 1.807) is 7.05 Å². The minimum Gasteiger partial charge on any atom is -0.356 e. The summed E-state index contributed by atoms with van der Waals surface area (Å²) in [7, 11) is -1.21. The van der Waals surface area contributed by atoms with Crippen LogP contribution in [0.25, 0.3) is 0 Å². The fraction of sp³-hybridized carbons (Fsp3) is 0.619. The number of halogens is 1. The summed E-state index contributed by atoms with van der Waals surface area (Å²) >= 11 is 0. The molecule has 2 aliphatic heterocycles. The van der Waals surface area contributed by atoms with Crippen molar-refractivity contribution in [2.24, 2.45) is 10.9 Å². The summed E-state index contributed by atoms with van der Waals surface area (Å²) in [6, 6.07) is 10.4. The standard InChI is InChI=1S/C21H32N4O3S.HI/c1-22-21(23-11-7-20(26)24-19-10-14-29(27,28)16-19)25-12-8-18(9-13-25)15-17-5-3-2-4-6-17;/h2-6,18-19H,7-16H2,1H3,(H,22,23)(H,24,26);1H. The quantitative estimate of drug-likeness (QED) is 0.322. The molecule has 168 valence electrons. The number of hydrogen-bond donors (Lipinski definition) is 2. The Balaban J connectivity index is 0.00000320. The number of piperidine rings is 1. The molecule has 2 aliphatic rings. The molecule has 3 rings (SSSR count). The molecule has 1 aromatic carbocycles. The Hall–Kier alpha value is -1.36. The topological polar surface area (TPSA) is 90.9 Å². The maximum Gasteiger partial charge on any atom is 0.222 e. The highest BCUT2D eigenvalue weighted by Crippen LogP contribution is 2.21. The maximum atomic E-state index is 12.1. The number of amides is 1. The minimum atomic E-state index is -2.97. The molecule has 1 amide bonds. The van der Waals surface area contributed by atoms with Crippen molar-refractivity contribution in [3.63, 3.8) is 0 Å². The summed E-state index contributed by atoms with van der Waals surface area (Å²) in [5.41, 5.74) is 1.40. The molecule has 0 bridgehead atoms. The summed E-state index contributed by atoms with van der Waals surface area (Å²) in [5, 5.41) is 6.10. The molecule has 30 heavy (non-hydrogen) atoms. The van der Waals surface area contributed by atoms with Crippen LogP contribution in [-0.2, 0) is 21.1 Å². The molecule has 9 heteroatoms. The average molecular weight is 548 g/mol. The molecule has 1 aromatic rings. The van der Waals surface area contributed by atoms with Crippen LogP contribution in [0.1, 0.15) is 31.2 Å². The van der Waals surface area contributed by atoms with Gasteiger partial charge in [0.05, 0.1) is 11.5 Å². The predicted octanol–water partition coefficient (Wildman–Crippen LogP) is 1.83. The van der Waals surface area contributed by atoms with E-state index < -0.39 is 9.84 Å². The van der Waals surface area contributed by atoms with E-state index in [1.165, 1.54) is 5.56 Å². The third-order valence-electron chi connectivity index (χ3n) is 5.73. The highest BCUT2D eigenvalue weighted by Gasteiger charge is 2.28. The third-order valence-corrected chi connectivity index (χ3v) is 7.49. The van der Waals surface area contributed by atoms with Crippen molar-refractivity contribution in [2.75, 3.05) is 38.2 Å². The second-order valence-electron chi connectivity index (χ2n) is 8.01. The van der Waals surface area contributed by atoms with E-state index in [0.29, 0.717) is 25.3 Å². The Kier molecular flexibility index (Phi) is 9.86. The van der Waals surface area contributed by atoms with Gasteiger partial charge in [-0.15, -0.1) is 24.0 Å². The molecule has 0 spiro atoms. The van der Waals surface area contributed by atoms with Gasteiger partial charge in [0.1, 0.15) is 0 Å². The smallest absolute Gasteiger partial charge is 0.222 e. The maximum absolute atomic E-state index is 12.1. The zero-order valence-electron chi connectivity index (χ0n) is 17.5. The number of hydrogen-bond acceptors (Lipinski definition) is 4. The largest absolute Gasteiger partial charge is 0.356 e. The van der Waals surface area contributed by atoms with Crippen molar-refractivity contribution in [3.05, 3.63) is 35.9 Å². The van der Waals surface area contributed by atoms with Crippen molar-refractivity contribution in [1.29, 1.82) is 0 Å². The van der Waals surface area contributed by atoms with Gasteiger partial charge in [-0.1, -0.05) is 30.3 Å². The average Bonchev–Trinajstić information content (AvgIpc) is 3.05. The zero-order valence-corrected chi connectivity index (χ0v) is 20.7.